The Balaban J connectivity index is 4.05. The van der Waals surface area contributed by atoms with E-state index in [2.05, 4.69) is 6.92 Å². The number of ether oxygens (including phenoxy) is 2. The number of nitrogens with zero attached hydrogens (tertiary/aromatic N) is 1. The van der Waals surface area contributed by atoms with Crippen LogP contribution >= 0.6 is 7.82 Å². The third-order valence-electron chi connectivity index (χ3n) is 5.94. The molecule has 0 aliphatic carbocycles. The van der Waals surface area contributed by atoms with Crippen LogP contribution < -0.4 is 0 Å². The van der Waals surface area contributed by atoms with Gasteiger partial charge in [-0.3, -0.25) is 18.6 Å². The van der Waals surface area contributed by atoms with Crippen molar-refractivity contribution in [3.05, 3.63) is 0 Å². The third-order valence-corrected chi connectivity index (χ3v) is 6.93. The lowest BCUT2D eigenvalue weighted by Crippen LogP contribution is -2.37. The lowest BCUT2D eigenvalue weighted by molar-refractivity contribution is -0.870. The summed E-state index contributed by atoms with van der Waals surface area (Å²) in [4.78, 5) is 33.7. The Labute approximate surface area is 225 Å². The van der Waals surface area contributed by atoms with Gasteiger partial charge in [-0.15, -0.1) is 0 Å². The Morgan fingerprint density at radius 2 is 1.27 bits per heavy atom. The van der Waals surface area contributed by atoms with Crippen LogP contribution in [0.1, 0.15) is 110 Å². The van der Waals surface area contributed by atoms with Gasteiger partial charge in [-0.2, -0.15) is 0 Å². The molecule has 0 spiro atoms. The molecule has 0 rings (SSSR count). The molecule has 10 heteroatoms. The topological polar surface area (TPSA) is 108 Å². The Bertz CT molecular complexity index is 638. The Kier molecular flexibility index (Phi) is 21.3. The second-order valence-electron chi connectivity index (χ2n) is 10.8. The lowest BCUT2D eigenvalue weighted by Gasteiger charge is -2.24. The fourth-order valence-electron chi connectivity index (χ4n) is 3.58. The number of esters is 2. The van der Waals surface area contributed by atoms with Crippen molar-refractivity contribution in [2.24, 2.45) is 0 Å². The standard InChI is InChI=1S/C27H54NO8P/c1-6-8-9-10-11-12-13-14-15-16-17-18-19-20-27(30)33-23-25(36-26(29)7-2)24-35-37(31,32)34-22-21-28(3,4)5/h25H,6-24H2,1-5H3/p+1. The number of hydrogen-bond acceptors (Lipinski definition) is 7. The van der Waals surface area contributed by atoms with E-state index in [0.717, 1.165) is 19.3 Å². The average molecular weight is 553 g/mol. The molecular formula is C27H55NO8P+. The van der Waals surface area contributed by atoms with Crippen molar-refractivity contribution in [3.63, 3.8) is 0 Å². The van der Waals surface area contributed by atoms with Crippen LogP contribution in [-0.2, 0) is 32.7 Å². The van der Waals surface area contributed by atoms with Gasteiger partial charge in [0.2, 0.25) is 0 Å². The molecule has 0 amide bonds. The molecule has 9 nitrogen and oxygen atoms in total. The zero-order valence-corrected chi connectivity index (χ0v) is 25.1. The van der Waals surface area contributed by atoms with Crippen molar-refractivity contribution >= 4 is 19.8 Å². The van der Waals surface area contributed by atoms with E-state index in [1.54, 1.807) is 6.92 Å². The number of likely N-dealkylation sites (N-methyl/N-ethyl adjacent to an activating group) is 1. The van der Waals surface area contributed by atoms with Crippen LogP contribution in [0.25, 0.3) is 0 Å². The van der Waals surface area contributed by atoms with Gasteiger partial charge in [0.05, 0.1) is 27.7 Å². The maximum absolute atomic E-state index is 12.1. The van der Waals surface area contributed by atoms with Gasteiger partial charge in [0.1, 0.15) is 19.8 Å². The SMILES string of the molecule is CCCCCCCCCCCCCCCC(=O)OCC(COP(=O)(O)OCC[N+](C)(C)C)OC(=O)CC. The number of rotatable bonds is 25. The number of quaternary nitrogens is 1. The molecule has 0 aliphatic heterocycles. The molecule has 0 fully saturated rings. The first kappa shape index (κ1) is 36.0. The Hall–Kier alpha value is -0.990. The Morgan fingerprint density at radius 1 is 0.757 bits per heavy atom. The summed E-state index contributed by atoms with van der Waals surface area (Å²) in [6.07, 6.45) is 15.4. The normalized spacial score (nSPS) is 14.2. The second kappa shape index (κ2) is 21.9. The summed E-state index contributed by atoms with van der Waals surface area (Å²) < 4.78 is 33.0. The van der Waals surface area contributed by atoms with Gasteiger partial charge in [-0.05, 0) is 6.42 Å². The fraction of sp³-hybridized carbons (Fsp3) is 0.926. The number of carbonyl (C=O) groups is 2. The fourth-order valence-corrected chi connectivity index (χ4v) is 4.32. The van der Waals surface area contributed by atoms with Gasteiger partial charge in [0.25, 0.3) is 0 Å². The van der Waals surface area contributed by atoms with Crippen molar-refractivity contribution < 1.29 is 42.1 Å². The van der Waals surface area contributed by atoms with Crippen LogP contribution in [0.15, 0.2) is 0 Å². The maximum Gasteiger partial charge on any atom is 0.472 e. The number of phosphoric acid groups is 1. The second-order valence-corrected chi connectivity index (χ2v) is 12.2. The summed E-state index contributed by atoms with van der Waals surface area (Å²) in [5, 5.41) is 0. The average Bonchev–Trinajstić information content (AvgIpc) is 2.82. The zero-order valence-electron chi connectivity index (χ0n) is 24.2. The lowest BCUT2D eigenvalue weighted by atomic mass is 10.0. The zero-order chi connectivity index (χ0) is 28.0. The molecule has 0 aromatic carbocycles. The summed E-state index contributed by atoms with van der Waals surface area (Å²) >= 11 is 0. The molecule has 2 atom stereocenters. The number of carbonyl (C=O) groups excluding carboxylic acids is 2. The van der Waals surface area contributed by atoms with E-state index in [1.807, 2.05) is 21.1 Å². The predicted octanol–water partition coefficient (Wildman–Crippen LogP) is 6.17. The highest BCUT2D eigenvalue weighted by atomic mass is 31.2. The van der Waals surface area contributed by atoms with E-state index in [0.29, 0.717) is 17.4 Å². The number of phosphoric ester groups is 1. The third kappa shape index (κ3) is 25.1. The molecular weight excluding hydrogens is 497 g/mol. The summed E-state index contributed by atoms with van der Waals surface area (Å²) in [7, 11) is 1.47. The highest BCUT2D eigenvalue weighted by Crippen LogP contribution is 2.43. The van der Waals surface area contributed by atoms with Gasteiger partial charge in [0.15, 0.2) is 6.10 Å². The maximum atomic E-state index is 12.1. The summed E-state index contributed by atoms with van der Waals surface area (Å²) in [5.74, 6) is -0.896. The predicted molar refractivity (Wildman–Crippen MR) is 146 cm³/mol. The van der Waals surface area contributed by atoms with E-state index in [-0.39, 0.29) is 25.6 Å². The van der Waals surface area contributed by atoms with Crippen molar-refractivity contribution in [1.82, 2.24) is 0 Å². The van der Waals surface area contributed by atoms with E-state index in [1.165, 1.54) is 64.2 Å². The molecule has 0 saturated heterocycles. The summed E-state index contributed by atoms with van der Waals surface area (Å²) in [5.41, 5.74) is 0. The van der Waals surface area contributed by atoms with Crippen molar-refractivity contribution in [3.8, 4) is 0 Å². The highest BCUT2D eigenvalue weighted by molar-refractivity contribution is 7.47. The molecule has 0 aromatic rings. The quantitative estimate of drug-likeness (QED) is 0.0620. The van der Waals surface area contributed by atoms with Crippen molar-refractivity contribution in [2.75, 3.05) is 47.5 Å². The van der Waals surface area contributed by atoms with Gasteiger partial charge in [-0.1, -0.05) is 90.9 Å². The van der Waals surface area contributed by atoms with E-state index in [4.69, 9.17) is 18.5 Å². The number of unbranched alkanes of at least 4 members (excludes halogenated alkanes) is 12. The van der Waals surface area contributed by atoms with Gasteiger partial charge in [-0.25, -0.2) is 4.57 Å². The number of hydrogen-bond donors (Lipinski definition) is 1. The largest absolute Gasteiger partial charge is 0.472 e. The molecule has 2 unspecified atom stereocenters. The van der Waals surface area contributed by atoms with Crippen LogP contribution in [0.3, 0.4) is 0 Å². The van der Waals surface area contributed by atoms with E-state index in [9.17, 15) is 19.0 Å². The molecule has 0 aliphatic rings. The molecule has 1 N–H and O–H groups in total. The van der Waals surface area contributed by atoms with Crippen LogP contribution in [0, 0.1) is 0 Å². The van der Waals surface area contributed by atoms with Gasteiger partial charge < -0.3 is 18.9 Å². The molecule has 0 aromatic heterocycles. The monoisotopic (exact) mass is 552 g/mol. The molecule has 220 valence electrons. The van der Waals surface area contributed by atoms with Crippen LogP contribution in [0.5, 0.6) is 0 Å². The van der Waals surface area contributed by atoms with E-state index >= 15 is 0 Å². The first-order valence-corrected chi connectivity index (χ1v) is 15.8. The van der Waals surface area contributed by atoms with Gasteiger partial charge >= 0.3 is 19.8 Å². The molecule has 0 heterocycles. The van der Waals surface area contributed by atoms with Crippen LogP contribution in [0.4, 0.5) is 0 Å². The molecule has 0 radical (unpaired) electrons. The minimum atomic E-state index is -4.32. The minimum Gasteiger partial charge on any atom is -0.462 e. The molecule has 37 heavy (non-hydrogen) atoms. The van der Waals surface area contributed by atoms with Crippen molar-refractivity contribution in [1.29, 1.82) is 0 Å². The first-order valence-electron chi connectivity index (χ1n) is 14.3. The highest BCUT2D eigenvalue weighted by Gasteiger charge is 2.26. The minimum absolute atomic E-state index is 0.0325. The summed E-state index contributed by atoms with van der Waals surface area (Å²) in [6, 6.07) is 0. The molecule has 0 bridgehead atoms. The first-order chi connectivity index (χ1) is 17.5. The summed E-state index contributed by atoms with van der Waals surface area (Å²) in [6.45, 7) is 3.78. The van der Waals surface area contributed by atoms with E-state index < -0.39 is 26.5 Å². The van der Waals surface area contributed by atoms with Gasteiger partial charge in [0, 0.05) is 12.8 Å². The van der Waals surface area contributed by atoms with Crippen LogP contribution in [-0.4, -0.2) is 74.9 Å². The molecule has 0 saturated carbocycles. The van der Waals surface area contributed by atoms with Crippen molar-refractivity contribution in [2.45, 2.75) is 116 Å². The smallest absolute Gasteiger partial charge is 0.462 e. The van der Waals surface area contributed by atoms with Crippen LogP contribution in [0.2, 0.25) is 0 Å². The Morgan fingerprint density at radius 3 is 1.76 bits per heavy atom.